The molecule has 1 heterocycles. The van der Waals surface area contributed by atoms with Gasteiger partial charge in [-0.2, -0.15) is 0 Å². The summed E-state index contributed by atoms with van der Waals surface area (Å²) in [6.07, 6.45) is 13.8. The van der Waals surface area contributed by atoms with Crippen LogP contribution in [0.2, 0.25) is 0 Å². The predicted molar refractivity (Wildman–Crippen MR) is 65.8 cm³/mol. The van der Waals surface area contributed by atoms with Crippen molar-refractivity contribution in [2.45, 2.75) is 58.3 Å². The summed E-state index contributed by atoms with van der Waals surface area (Å²) in [7, 11) is 0. The Balaban J connectivity index is 1.95. The van der Waals surface area contributed by atoms with Crippen molar-refractivity contribution in [2.24, 2.45) is 5.92 Å². The summed E-state index contributed by atoms with van der Waals surface area (Å²) >= 11 is 0. The molecule has 1 fully saturated rings. The van der Waals surface area contributed by atoms with Gasteiger partial charge in [0.1, 0.15) is 0 Å². The first-order chi connectivity index (χ1) is 7.42. The zero-order valence-electron chi connectivity index (χ0n) is 10.2. The van der Waals surface area contributed by atoms with Crippen LogP contribution in [0.3, 0.4) is 0 Å². The summed E-state index contributed by atoms with van der Waals surface area (Å²) in [6, 6.07) is 0. The van der Waals surface area contributed by atoms with Crippen molar-refractivity contribution in [2.75, 3.05) is 13.1 Å². The summed E-state index contributed by atoms with van der Waals surface area (Å²) in [5.74, 6) is 0.900. The van der Waals surface area contributed by atoms with Crippen molar-refractivity contribution in [1.82, 2.24) is 4.90 Å². The molecule has 0 N–H and O–H groups in total. The maximum atomic E-state index is 2.67. The highest BCUT2D eigenvalue weighted by Crippen LogP contribution is 2.33. The molecule has 15 heavy (non-hydrogen) atoms. The fourth-order valence-corrected chi connectivity index (χ4v) is 3.03. The normalized spacial score (nSPS) is 26.9. The first kappa shape index (κ1) is 11.0. The molecule has 86 valence electrons. The number of likely N-dealkylation sites (tertiary alicyclic amines) is 1. The van der Waals surface area contributed by atoms with Crippen molar-refractivity contribution in [1.29, 1.82) is 0 Å². The number of hydrogen-bond acceptors (Lipinski definition) is 1. The molecular formula is C14H25N. The predicted octanol–water partition coefficient (Wildman–Crippen LogP) is 3.96. The van der Waals surface area contributed by atoms with E-state index in [2.05, 4.69) is 17.9 Å². The fraction of sp³-hybridized carbons (Fsp3) is 0.857. The highest BCUT2D eigenvalue weighted by Gasteiger charge is 2.23. The lowest BCUT2D eigenvalue weighted by Gasteiger charge is -2.32. The van der Waals surface area contributed by atoms with Crippen LogP contribution in [0.25, 0.3) is 0 Å². The Kier molecular flexibility index (Phi) is 4.10. The van der Waals surface area contributed by atoms with E-state index in [0.29, 0.717) is 0 Å². The Morgan fingerprint density at radius 1 is 1.27 bits per heavy atom. The Bertz CT molecular complexity index is 213. The molecule has 0 bridgehead atoms. The Morgan fingerprint density at radius 2 is 2.07 bits per heavy atom. The van der Waals surface area contributed by atoms with Crippen LogP contribution in [0.15, 0.2) is 11.8 Å². The van der Waals surface area contributed by atoms with Gasteiger partial charge in [-0.05, 0) is 44.4 Å². The van der Waals surface area contributed by atoms with Gasteiger partial charge in [-0.1, -0.05) is 25.8 Å². The second kappa shape index (κ2) is 5.58. The molecule has 2 rings (SSSR count). The second-order valence-electron chi connectivity index (χ2n) is 5.09. The van der Waals surface area contributed by atoms with Crippen LogP contribution in [0.4, 0.5) is 0 Å². The number of allylic oxidation sites excluding steroid dienone is 2. The Hall–Kier alpha value is -0.460. The van der Waals surface area contributed by atoms with Crippen LogP contribution in [-0.2, 0) is 0 Å². The molecule has 0 spiro atoms. The Morgan fingerprint density at radius 3 is 2.80 bits per heavy atom. The van der Waals surface area contributed by atoms with E-state index in [0.717, 1.165) is 5.92 Å². The lowest BCUT2D eigenvalue weighted by atomic mass is 9.87. The molecule has 0 saturated carbocycles. The van der Waals surface area contributed by atoms with Crippen molar-refractivity contribution < 1.29 is 0 Å². The van der Waals surface area contributed by atoms with Gasteiger partial charge in [0.25, 0.3) is 0 Å². The maximum Gasteiger partial charge on any atom is 0.0175 e. The third-order valence-electron chi connectivity index (χ3n) is 3.91. The van der Waals surface area contributed by atoms with Gasteiger partial charge in [-0.3, -0.25) is 0 Å². The average Bonchev–Trinajstić information content (AvgIpc) is 2.80. The van der Waals surface area contributed by atoms with Crippen molar-refractivity contribution in [3.05, 3.63) is 11.8 Å². The molecule has 0 aromatic heterocycles. The maximum absolute atomic E-state index is 2.67. The first-order valence-electron chi connectivity index (χ1n) is 6.87. The first-order valence-corrected chi connectivity index (χ1v) is 6.87. The van der Waals surface area contributed by atoms with E-state index in [4.69, 9.17) is 0 Å². The third kappa shape index (κ3) is 2.76. The zero-order valence-corrected chi connectivity index (χ0v) is 10.2. The van der Waals surface area contributed by atoms with Gasteiger partial charge in [0, 0.05) is 18.8 Å². The Labute approximate surface area is 94.5 Å². The van der Waals surface area contributed by atoms with Gasteiger partial charge in [0.05, 0.1) is 0 Å². The molecule has 0 radical (unpaired) electrons. The molecule has 1 nitrogen and oxygen atoms in total. The van der Waals surface area contributed by atoms with Crippen molar-refractivity contribution >= 4 is 0 Å². The molecular weight excluding hydrogens is 182 g/mol. The minimum Gasteiger partial charge on any atom is -0.375 e. The molecule has 1 atom stereocenters. The van der Waals surface area contributed by atoms with Crippen LogP contribution in [0, 0.1) is 5.92 Å². The van der Waals surface area contributed by atoms with Crippen LogP contribution in [0.1, 0.15) is 58.3 Å². The molecule has 1 aliphatic heterocycles. The molecule has 0 aromatic carbocycles. The molecule has 1 aliphatic carbocycles. The standard InChI is InChI=1S/C14H25N/c1-2-3-8-13-9-4-5-10-14(13)15-11-6-7-12-15/h10,13H,2-9,11-12H2,1H3. The summed E-state index contributed by atoms with van der Waals surface area (Å²) in [4.78, 5) is 2.67. The molecule has 1 unspecified atom stereocenters. The number of hydrogen-bond donors (Lipinski definition) is 0. The van der Waals surface area contributed by atoms with E-state index in [1.165, 1.54) is 64.5 Å². The monoisotopic (exact) mass is 207 g/mol. The average molecular weight is 207 g/mol. The zero-order chi connectivity index (χ0) is 10.5. The molecule has 2 aliphatic rings. The smallest absolute Gasteiger partial charge is 0.0175 e. The van der Waals surface area contributed by atoms with Gasteiger partial charge in [-0.25, -0.2) is 0 Å². The highest BCUT2D eigenvalue weighted by atomic mass is 15.2. The van der Waals surface area contributed by atoms with Crippen LogP contribution in [0.5, 0.6) is 0 Å². The summed E-state index contributed by atoms with van der Waals surface area (Å²) in [5.41, 5.74) is 1.72. The minimum atomic E-state index is 0.900. The van der Waals surface area contributed by atoms with E-state index in [9.17, 15) is 0 Å². The number of unbranched alkanes of at least 4 members (excludes halogenated alkanes) is 1. The molecule has 0 amide bonds. The van der Waals surface area contributed by atoms with Crippen molar-refractivity contribution in [3.63, 3.8) is 0 Å². The number of rotatable bonds is 4. The van der Waals surface area contributed by atoms with Crippen molar-refractivity contribution in [3.8, 4) is 0 Å². The number of nitrogens with zero attached hydrogens (tertiary/aromatic N) is 1. The van der Waals surface area contributed by atoms with E-state index < -0.39 is 0 Å². The minimum absolute atomic E-state index is 0.900. The largest absolute Gasteiger partial charge is 0.375 e. The second-order valence-corrected chi connectivity index (χ2v) is 5.09. The van der Waals surface area contributed by atoms with Gasteiger partial charge < -0.3 is 4.90 Å². The van der Waals surface area contributed by atoms with Gasteiger partial charge in [0.15, 0.2) is 0 Å². The summed E-state index contributed by atoms with van der Waals surface area (Å²) in [5, 5.41) is 0. The summed E-state index contributed by atoms with van der Waals surface area (Å²) < 4.78 is 0. The van der Waals surface area contributed by atoms with Crippen LogP contribution in [-0.4, -0.2) is 18.0 Å². The van der Waals surface area contributed by atoms with E-state index in [1.54, 1.807) is 5.70 Å². The van der Waals surface area contributed by atoms with Gasteiger partial charge >= 0.3 is 0 Å². The van der Waals surface area contributed by atoms with Crippen LogP contribution < -0.4 is 0 Å². The lowest BCUT2D eigenvalue weighted by Crippen LogP contribution is -2.26. The topological polar surface area (TPSA) is 3.24 Å². The molecule has 1 saturated heterocycles. The highest BCUT2D eigenvalue weighted by molar-refractivity contribution is 5.10. The van der Waals surface area contributed by atoms with E-state index >= 15 is 0 Å². The van der Waals surface area contributed by atoms with Crippen LogP contribution >= 0.6 is 0 Å². The SMILES string of the molecule is CCCCC1CCCC=C1N1CCCC1. The summed E-state index contributed by atoms with van der Waals surface area (Å²) in [6.45, 7) is 4.96. The quantitative estimate of drug-likeness (QED) is 0.674. The third-order valence-corrected chi connectivity index (χ3v) is 3.91. The molecule has 0 aromatic rings. The van der Waals surface area contributed by atoms with E-state index in [-0.39, 0.29) is 0 Å². The fourth-order valence-electron chi connectivity index (χ4n) is 3.03. The lowest BCUT2D eigenvalue weighted by molar-refractivity contribution is 0.316. The van der Waals surface area contributed by atoms with Gasteiger partial charge in [-0.15, -0.1) is 0 Å². The van der Waals surface area contributed by atoms with Gasteiger partial charge in [0.2, 0.25) is 0 Å². The molecule has 1 heteroatoms. The van der Waals surface area contributed by atoms with E-state index in [1.807, 2.05) is 0 Å².